The van der Waals surface area contributed by atoms with Crippen molar-refractivity contribution in [3.8, 4) is 0 Å². The summed E-state index contributed by atoms with van der Waals surface area (Å²) in [6, 6.07) is 0. The van der Waals surface area contributed by atoms with Crippen LogP contribution in [0.1, 0.15) is 27.7 Å². The highest BCUT2D eigenvalue weighted by Crippen LogP contribution is 2.36. The molecular formula is C10H21IOSi. The van der Waals surface area contributed by atoms with Gasteiger partial charge in [0, 0.05) is 3.92 Å². The highest BCUT2D eigenvalue weighted by atomic mass is 127. The zero-order valence-corrected chi connectivity index (χ0v) is 12.7. The van der Waals surface area contributed by atoms with Gasteiger partial charge in [-0.2, -0.15) is 0 Å². The van der Waals surface area contributed by atoms with Crippen molar-refractivity contribution >= 4 is 30.9 Å². The molecule has 0 heterocycles. The Hall–Kier alpha value is 0.487. The Labute approximate surface area is 97.2 Å². The lowest BCUT2D eigenvalue weighted by atomic mass is 10.2. The smallest absolute Gasteiger partial charge is 0.249 e. The van der Waals surface area contributed by atoms with Gasteiger partial charge in [0.1, 0.15) is 0 Å². The lowest BCUT2D eigenvalue weighted by Gasteiger charge is -2.35. The van der Waals surface area contributed by atoms with E-state index in [0.717, 1.165) is 0 Å². The van der Waals surface area contributed by atoms with Gasteiger partial charge in [-0.25, -0.2) is 0 Å². The molecule has 0 aromatic heterocycles. The Morgan fingerprint density at radius 2 is 1.77 bits per heavy atom. The summed E-state index contributed by atoms with van der Waals surface area (Å²) in [5.74, 6) is 0. The van der Waals surface area contributed by atoms with Gasteiger partial charge in [-0.1, -0.05) is 43.4 Å². The van der Waals surface area contributed by atoms with E-state index in [1.807, 2.05) is 6.26 Å². The van der Waals surface area contributed by atoms with E-state index in [0.29, 0.717) is 8.96 Å². The first-order valence-electron chi connectivity index (χ1n) is 4.65. The minimum Gasteiger partial charge on any atom is -0.549 e. The lowest BCUT2D eigenvalue weighted by molar-refractivity contribution is 0.429. The molecule has 1 nitrogen and oxygen atoms in total. The molecule has 0 N–H and O–H groups in total. The minimum atomic E-state index is -1.56. The van der Waals surface area contributed by atoms with E-state index < -0.39 is 8.32 Å². The van der Waals surface area contributed by atoms with Gasteiger partial charge in [0.15, 0.2) is 0 Å². The molecule has 0 bridgehead atoms. The van der Waals surface area contributed by atoms with Crippen LogP contribution in [0, 0.1) is 0 Å². The molecule has 0 saturated heterocycles. The maximum absolute atomic E-state index is 5.86. The van der Waals surface area contributed by atoms with Gasteiger partial charge in [-0.3, -0.25) is 0 Å². The molecule has 78 valence electrons. The quantitative estimate of drug-likeness (QED) is 0.326. The largest absolute Gasteiger partial charge is 0.549 e. The summed E-state index contributed by atoms with van der Waals surface area (Å²) in [6.07, 6.45) is 3.98. The van der Waals surface area contributed by atoms with Crippen molar-refractivity contribution in [1.82, 2.24) is 0 Å². The van der Waals surface area contributed by atoms with E-state index in [4.69, 9.17) is 4.43 Å². The van der Waals surface area contributed by atoms with Gasteiger partial charge < -0.3 is 4.43 Å². The fourth-order valence-electron chi connectivity index (χ4n) is 0.494. The van der Waals surface area contributed by atoms with Crippen molar-refractivity contribution < 1.29 is 4.43 Å². The molecule has 1 unspecified atom stereocenters. The van der Waals surface area contributed by atoms with Gasteiger partial charge in [0.05, 0.1) is 6.26 Å². The Kier molecular flexibility index (Phi) is 5.00. The average Bonchev–Trinajstić information content (AvgIpc) is 1.82. The lowest BCUT2D eigenvalue weighted by Crippen LogP contribution is -2.39. The first-order chi connectivity index (χ1) is 5.67. The maximum Gasteiger partial charge on any atom is 0.249 e. The van der Waals surface area contributed by atoms with Crippen molar-refractivity contribution in [2.24, 2.45) is 0 Å². The Morgan fingerprint density at radius 1 is 1.31 bits per heavy atom. The average molecular weight is 312 g/mol. The fourth-order valence-corrected chi connectivity index (χ4v) is 1.44. The molecule has 0 aliphatic carbocycles. The van der Waals surface area contributed by atoms with Crippen molar-refractivity contribution in [1.29, 1.82) is 0 Å². The molecule has 13 heavy (non-hydrogen) atoms. The van der Waals surface area contributed by atoms with Crippen LogP contribution in [-0.2, 0) is 4.43 Å². The van der Waals surface area contributed by atoms with Gasteiger partial charge in [-0.05, 0) is 31.1 Å². The monoisotopic (exact) mass is 312 g/mol. The third-order valence-electron chi connectivity index (χ3n) is 2.51. The Morgan fingerprint density at radius 3 is 2.08 bits per heavy atom. The third-order valence-corrected chi connectivity index (χ3v) is 7.27. The molecule has 0 amide bonds. The summed E-state index contributed by atoms with van der Waals surface area (Å²) < 4.78 is 6.40. The van der Waals surface area contributed by atoms with E-state index in [2.05, 4.69) is 69.5 Å². The van der Waals surface area contributed by atoms with Crippen molar-refractivity contribution in [2.45, 2.75) is 49.8 Å². The topological polar surface area (TPSA) is 9.23 Å². The summed E-state index contributed by atoms with van der Waals surface area (Å²) >= 11 is 2.36. The van der Waals surface area contributed by atoms with Crippen LogP contribution in [0.5, 0.6) is 0 Å². The van der Waals surface area contributed by atoms with Gasteiger partial charge in [0.2, 0.25) is 8.32 Å². The molecule has 1 atom stereocenters. The number of alkyl halides is 1. The maximum atomic E-state index is 5.86. The summed E-state index contributed by atoms with van der Waals surface area (Å²) in [5, 5.41) is 0.297. The Bertz CT molecular complexity index is 180. The summed E-state index contributed by atoms with van der Waals surface area (Å²) in [7, 11) is -1.56. The van der Waals surface area contributed by atoms with Gasteiger partial charge >= 0.3 is 0 Å². The van der Waals surface area contributed by atoms with Crippen molar-refractivity contribution in [3.05, 3.63) is 12.3 Å². The number of allylic oxidation sites excluding steroid dienone is 1. The fraction of sp³-hybridized carbons (Fsp3) is 0.800. The molecular weight excluding hydrogens is 291 g/mol. The normalized spacial score (nSPS) is 16.2. The Balaban J connectivity index is 4.20. The van der Waals surface area contributed by atoms with Crippen molar-refractivity contribution in [3.63, 3.8) is 0 Å². The molecule has 0 spiro atoms. The molecule has 0 aromatic carbocycles. The zero-order valence-electron chi connectivity index (χ0n) is 9.52. The molecule has 0 radical (unpaired) electrons. The van der Waals surface area contributed by atoms with E-state index in [9.17, 15) is 0 Å². The predicted molar refractivity (Wildman–Crippen MR) is 70.9 cm³/mol. The summed E-state index contributed by atoms with van der Waals surface area (Å²) in [4.78, 5) is 0. The number of hydrogen-bond donors (Lipinski definition) is 0. The minimum absolute atomic E-state index is 0.297. The number of rotatable bonds is 3. The molecule has 0 fully saturated rings. The molecule has 0 saturated carbocycles. The van der Waals surface area contributed by atoms with Crippen LogP contribution < -0.4 is 0 Å². The molecule has 3 heteroatoms. The SMILES string of the molecule is CC(I)/C=C/O[Si](C)(C)C(C)(C)C. The van der Waals surface area contributed by atoms with Crippen molar-refractivity contribution in [2.75, 3.05) is 0 Å². The first kappa shape index (κ1) is 13.5. The predicted octanol–water partition coefficient (Wildman–Crippen LogP) is 4.35. The van der Waals surface area contributed by atoms with Gasteiger partial charge in [0.25, 0.3) is 0 Å². The molecule has 0 aromatic rings. The van der Waals surface area contributed by atoms with Crippen LogP contribution in [-0.4, -0.2) is 12.2 Å². The number of halogens is 1. The highest BCUT2D eigenvalue weighted by Gasteiger charge is 2.37. The van der Waals surface area contributed by atoms with Crippen LogP contribution in [0.2, 0.25) is 18.1 Å². The van der Waals surface area contributed by atoms with Crippen LogP contribution >= 0.6 is 22.6 Å². The summed E-state index contributed by atoms with van der Waals surface area (Å²) in [5.41, 5.74) is 0. The first-order valence-corrected chi connectivity index (χ1v) is 8.81. The van der Waals surface area contributed by atoms with Gasteiger partial charge in [-0.15, -0.1) is 0 Å². The van der Waals surface area contributed by atoms with Crippen LogP contribution in [0.25, 0.3) is 0 Å². The van der Waals surface area contributed by atoms with Crippen LogP contribution in [0.4, 0.5) is 0 Å². The second-order valence-corrected chi connectivity index (χ2v) is 11.6. The van der Waals surface area contributed by atoms with E-state index in [1.54, 1.807) is 0 Å². The second-order valence-electron chi connectivity index (χ2n) is 4.88. The molecule has 0 rings (SSSR count). The standard InChI is InChI=1S/C10H21IOSi/c1-9(11)7-8-12-13(5,6)10(2,3)4/h7-9H,1-6H3/b8-7+. The zero-order chi connectivity index (χ0) is 10.7. The second kappa shape index (κ2) is 4.82. The summed E-state index contributed by atoms with van der Waals surface area (Å²) in [6.45, 7) is 13.4. The van der Waals surface area contributed by atoms with E-state index in [-0.39, 0.29) is 0 Å². The third kappa shape index (κ3) is 5.05. The van der Waals surface area contributed by atoms with E-state index in [1.165, 1.54) is 0 Å². The van der Waals surface area contributed by atoms with Crippen LogP contribution in [0.15, 0.2) is 12.3 Å². The molecule has 0 aliphatic heterocycles. The van der Waals surface area contributed by atoms with E-state index >= 15 is 0 Å². The number of hydrogen-bond acceptors (Lipinski definition) is 1. The van der Waals surface area contributed by atoms with Crippen LogP contribution in [0.3, 0.4) is 0 Å². The molecule has 0 aliphatic rings. The highest BCUT2D eigenvalue weighted by molar-refractivity contribution is 14.1.